The van der Waals surface area contributed by atoms with Crippen molar-refractivity contribution < 1.29 is 4.79 Å². The summed E-state index contributed by atoms with van der Waals surface area (Å²) in [4.78, 5) is 13.4. The van der Waals surface area contributed by atoms with Gasteiger partial charge in [0.2, 0.25) is 0 Å². The van der Waals surface area contributed by atoms with E-state index in [2.05, 4.69) is 39.3 Å². The van der Waals surface area contributed by atoms with Gasteiger partial charge in [-0.3, -0.25) is 4.79 Å². The Balaban J connectivity index is 2.31. The molecule has 0 spiro atoms. The molecule has 1 amide bonds. The van der Waals surface area contributed by atoms with Crippen LogP contribution < -0.4 is 5.32 Å². The van der Waals surface area contributed by atoms with Gasteiger partial charge in [-0.25, -0.2) is 4.68 Å². The van der Waals surface area contributed by atoms with Crippen LogP contribution in [0.15, 0.2) is 34.9 Å². The minimum absolute atomic E-state index is 0.103. The number of hydrogen-bond donors (Lipinski definition) is 1. The summed E-state index contributed by atoms with van der Waals surface area (Å²) in [5.74, 6) is -0.103. The van der Waals surface area contributed by atoms with Crippen LogP contribution in [0.1, 0.15) is 29.0 Å². The van der Waals surface area contributed by atoms with E-state index in [0.29, 0.717) is 5.69 Å². The molecule has 1 aromatic heterocycles. The van der Waals surface area contributed by atoms with E-state index in [1.165, 1.54) is 10.5 Å². The van der Waals surface area contributed by atoms with Gasteiger partial charge in [-0.2, -0.15) is 5.10 Å². The van der Waals surface area contributed by atoms with Gasteiger partial charge in [-0.1, -0.05) is 22.0 Å². The third-order valence-electron chi connectivity index (χ3n) is 3.36. The Bertz CT molecular complexity index is 651. The van der Waals surface area contributed by atoms with E-state index in [1.54, 1.807) is 31.0 Å². The van der Waals surface area contributed by atoms with E-state index in [9.17, 15) is 4.79 Å². The van der Waals surface area contributed by atoms with E-state index in [-0.39, 0.29) is 11.9 Å². The van der Waals surface area contributed by atoms with Gasteiger partial charge in [0.1, 0.15) is 0 Å². The van der Waals surface area contributed by atoms with Crippen LogP contribution in [-0.4, -0.2) is 41.7 Å². The van der Waals surface area contributed by atoms with Crippen molar-refractivity contribution in [3.63, 3.8) is 0 Å². The van der Waals surface area contributed by atoms with Crippen molar-refractivity contribution in [3.8, 4) is 5.69 Å². The summed E-state index contributed by atoms with van der Waals surface area (Å²) in [6.07, 6.45) is 1.79. The number of carbonyl (C=O) groups excluding carboxylic acids is 1. The summed E-state index contributed by atoms with van der Waals surface area (Å²) in [6.45, 7) is 2.10. The van der Waals surface area contributed by atoms with Crippen LogP contribution in [0.2, 0.25) is 0 Å². The lowest BCUT2D eigenvalue weighted by atomic mass is 10.1. The first-order valence-corrected chi connectivity index (χ1v) is 7.47. The van der Waals surface area contributed by atoms with Gasteiger partial charge < -0.3 is 10.2 Å². The number of carbonyl (C=O) groups is 1. The van der Waals surface area contributed by atoms with Crippen molar-refractivity contribution in [2.45, 2.75) is 13.0 Å². The van der Waals surface area contributed by atoms with Crippen molar-refractivity contribution in [1.82, 2.24) is 20.0 Å². The zero-order valence-electron chi connectivity index (χ0n) is 12.6. The van der Waals surface area contributed by atoms with Gasteiger partial charge in [0.05, 0.1) is 5.69 Å². The predicted octanol–water partition coefficient (Wildman–Crippen LogP) is 2.62. The van der Waals surface area contributed by atoms with E-state index >= 15 is 0 Å². The Morgan fingerprint density at radius 3 is 2.67 bits per heavy atom. The number of hydrogen-bond acceptors (Lipinski definition) is 3. The molecule has 112 valence electrons. The second-order valence-corrected chi connectivity index (χ2v) is 5.92. The minimum Gasteiger partial charge on any atom is -0.343 e. The monoisotopic (exact) mass is 350 g/mol. The average Bonchev–Trinajstić information content (AvgIpc) is 2.95. The van der Waals surface area contributed by atoms with Crippen LogP contribution in [0.5, 0.6) is 0 Å². The van der Waals surface area contributed by atoms with Crippen LogP contribution in [0.3, 0.4) is 0 Å². The third kappa shape index (κ3) is 3.33. The lowest BCUT2D eigenvalue weighted by molar-refractivity contribution is 0.0821. The molecule has 21 heavy (non-hydrogen) atoms. The van der Waals surface area contributed by atoms with Gasteiger partial charge in [-0.15, -0.1) is 0 Å². The van der Waals surface area contributed by atoms with Crippen molar-refractivity contribution in [3.05, 3.63) is 46.2 Å². The third-order valence-corrected chi connectivity index (χ3v) is 4.05. The highest BCUT2D eigenvalue weighted by molar-refractivity contribution is 9.10. The number of nitrogens with one attached hydrogen (secondary N) is 1. The molecule has 2 aromatic rings. The molecule has 1 N–H and O–H groups in total. The number of aromatic nitrogens is 2. The second kappa shape index (κ2) is 6.41. The number of rotatable bonds is 4. The quantitative estimate of drug-likeness (QED) is 0.921. The summed E-state index contributed by atoms with van der Waals surface area (Å²) in [7, 11) is 5.36. The van der Waals surface area contributed by atoms with Gasteiger partial charge in [0.15, 0.2) is 5.69 Å². The molecule has 5 nitrogen and oxygen atoms in total. The van der Waals surface area contributed by atoms with Crippen LogP contribution in [0.4, 0.5) is 0 Å². The van der Waals surface area contributed by atoms with E-state index < -0.39 is 0 Å². The van der Waals surface area contributed by atoms with Gasteiger partial charge in [0, 0.05) is 30.8 Å². The van der Waals surface area contributed by atoms with Gasteiger partial charge in [-0.05, 0) is 37.7 Å². The van der Waals surface area contributed by atoms with Gasteiger partial charge in [0.25, 0.3) is 5.91 Å². The molecular weight excluding hydrogens is 332 g/mol. The van der Waals surface area contributed by atoms with Crippen molar-refractivity contribution in [1.29, 1.82) is 0 Å². The first kappa shape index (κ1) is 15.7. The Morgan fingerprint density at radius 2 is 2.10 bits per heavy atom. The van der Waals surface area contributed by atoms with Crippen LogP contribution in [-0.2, 0) is 0 Å². The molecule has 0 fully saturated rings. The average molecular weight is 351 g/mol. The summed E-state index contributed by atoms with van der Waals surface area (Å²) < 4.78 is 2.72. The van der Waals surface area contributed by atoms with Crippen molar-refractivity contribution in [2.75, 3.05) is 21.1 Å². The maximum absolute atomic E-state index is 11.9. The lowest BCUT2D eigenvalue weighted by Gasteiger charge is -2.14. The fourth-order valence-electron chi connectivity index (χ4n) is 1.98. The van der Waals surface area contributed by atoms with Crippen molar-refractivity contribution in [2.24, 2.45) is 0 Å². The highest BCUT2D eigenvalue weighted by atomic mass is 79.9. The maximum Gasteiger partial charge on any atom is 0.273 e. The Kier molecular flexibility index (Phi) is 4.80. The molecular formula is C15H19BrN4O. The molecule has 0 radical (unpaired) electrons. The summed E-state index contributed by atoms with van der Waals surface area (Å²) in [5, 5.41) is 7.54. The molecule has 0 aliphatic carbocycles. The van der Waals surface area contributed by atoms with E-state index in [1.807, 2.05) is 19.2 Å². The highest BCUT2D eigenvalue weighted by Crippen LogP contribution is 2.25. The highest BCUT2D eigenvalue weighted by Gasteiger charge is 2.13. The summed E-state index contributed by atoms with van der Waals surface area (Å²) in [5.41, 5.74) is 2.52. The Morgan fingerprint density at radius 1 is 1.38 bits per heavy atom. The number of amides is 1. The van der Waals surface area contributed by atoms with Crippen molar-refractivity contribution >= 4 is 21.8 Å². The zero-order valence-corrected chi connectivity index (χ0v) is 14.2. The molecule has 6 heteroatoms. The smallest absolute Gasteiger partial charge is 0.273 e. The normalized spacial score (nSPS) is 12.2. The molecule has 0 saturated heterocycles. The topological polar surface area (TPSA) is 50.2 Å². The number of halogens is 1. The van der Waals surface area contributed by atoms with Gasteiger partial charge >= 0.3 is 0 Å². The second-order valence-electron chi connectivity index (χ2n) is 5.06. The standard InChI is InChI=1S/C15H19BrN4O/c1-10(17-2)12-6-5-11(9-13(12)16)20-8-7-14(18-20)15(21)19(3)4/h5-10,17H,1-4H3. The first-order valence-electron chi connectivity index (χ1n) is 6.68. The fraction of sp³-hybridized carbons (Fsp3) is 0.333. The van der Waals surface area contributed by atoms with Crippen LogP contribution >= 0.6 is 15.9 Å². The predicted molar refractivity (Wildman–Crippen MR) is 86.8 cm³/mol. The first-order chi connectivity index (χ1) is 9.93. The minimum atomic E-state index is -0.103. The molecule has 1 aromatic carbocycles. The molecule has 1 heterocycles. The molecule has 0 bridgehead atoms. The zero-order chi connectivity index (χ0) is 15.6. The Labute approximate surface area is 133 Å². The molecule has 0 saturated carbocycles. The van der Waals surface area contributed by atoms with E-state index in [0.717, 1.165) is 10.2 Å². The van der Waals surface area contributed by atoms with Crippen LogP contribution in [0, 0.1) is 0 Å². The Hall–Kier alpha value is -1.66. The molecule has 2 rings (SSSR count). The molecule has 1 atom stereocenters. The van der Waals surface area contributed by atoms with Crippen LogP contribution in [0.25, 0.3) is 5.69 Å². The largest absolute Gasteiger partial charge is 0.343 e. The molecule has 0 aliphatic rings. The fourth-order valence-corrected chi connectivity index (χ4v) is 2.69. The summed E-state index contributed by atoms with van der Waals surface area (Å²) >= 11 is 3.59. The maximum atomic E-state index is 11.9. The summed E-state index contributed by atoms with van der Waals surface area (Å²) in [6, 6.07) is 8.03. The SMILES string of the molecule is CNC(C)c1ccc(-n2ccc(C(=O)N(C)C)n2)cc1Br. The number of benzene rings is 1. The molecule has 1 unspecified atom stereocenters. The molecule has 0 aliphatic heterocycles. The number of nitrogens with zero attached hydrogens (tertiary/aromatic N) is 3. The van der Waals surface area contributed by atoms with E-state index in [4.69, 9.17) is 0 Å². The lowest BCUT2D eigenvalue weighted by Crippen LogP contribution is -2.22.